The minimum Gasteiger partial charge on any atom is -0.457 e. The number of esters is 1. The molecule has 52 heavy (non-hydrogen) atoms. The van der Waals surface area contributed by atoms with Gasteiger partial charge in [-0.2, -0.15) is 0 Å². The van der Waals surface area contributed by atoms with Crippen molar-refractivity contribution >= 4 is 5.97 Å². The van der Waals surface area contributed by atoms with Crippen molar-refractivity contribution in [3.63, 3.8) is 0 Å². The first kappa shape index (κ1) is 49.8. The van der Waals surface area contributed by atoms with Crippen LogP contribution in [-0.2, 0) is 14.3 Å². The number of ether oxygens (including phenoxy) is 2. The van der Waals surface area contributed by atoms with Crippen molar-refractivity contribution < 1.29 is 19.4 Å². The molecule has 0 aliphatic heterocycles. The predicted octanol–water partition coefficient (Wildman–Crippen LogP) is 14.6. The van der Waals surface area contributed by atoms with Crippen LogP contribution in [0.1, 0.15) is 200 Å². The van der Waals surface area contributed by atoms with Crippen LogP contribution < -0.4 is 0 Å². The number of allylic oxidation sites excluding steroid dienone is 12. The Bertz CT molecular complexity index is 896. The molecule has 0 fully saturated rings. The van der Waals surface area contributed by atoms with Gasteiger partial charge in [-0.25, -0.2) is 0 Å². The van der Waals surface area contributed by atoms with Crippen LogP contribution in [-0.4, -0.2) is 37.0 Å². The zero-order valence-electron chi connectivity index (χ0n) is 34.3. The van der Waals surface area contributed by atoms with Crippen molar-refractivity contribution in [1.82, 2.24) is 0 Å². The Morgan fingerprint density at radius 1 is 0.481 bits per heavy atom. The smallest absolute Gasteiger partial charge is 0.306 e. The van der Waals surface area contributed by atoms with Gasteiger partial charge in [-0.15, -0.1) is 0 Å². The molecular formula is C48H84O4. The van der Waals surface area contributed by atoms with E-state index in [-0.39, 0.29) is 19.2 Å². The third-order valence-corrected chi connectivity index (χ3v) is 9.27. The molecular weight excluding hydrogens is 641 g/mol. The molecule has 0 saturated carbocycles. The maximum Gasteiger partial charge on any atom is 0.306 e. The zero-order valence-corrected chi connectivity index (χ0v) is 34.3. The second-order valence-electron chi connectivity index (χ2n) is 14.4. The maximum atomic E-state index is 12.2. The number of carbonyl (C=O) groups excluding carboxylic acids is 1. The molecule has 0 heterocycles. The molecule has 1 atom stereocenters. The van der Waals surface area contributed by atoms with Crippen LogP contribution >= 0.6 is 0 Å². The standard InChI is InChI=1S/C48H84O4/c1-3-5-7-9-11-13-15-17-19-21-23-24-25-26-28-30-32-34-36-38-40-42-44-51-46-47(45-49)52-48(50)43-41-39-37-35-33-31-29-27-22-20-18-16-14-12-10-8-6-4-2/h5,7,11,13,17,19-20,22-24,26,28,47,49H,3-4,6,8-10,12,14-16,18,21,25,27,29-46H2,1-2H3/b7-5-,13-11-,19-17-,22-20-,24-23-,28-26-. The lowest BCUT2D eigenvalue weighted by Gasteiger charge is -2.15. The summed E-state index contributed by atoms with van der Waals surface area (Å²) >= 11 is 0. The van der Waals surface area contributed by atoms with E-state index in [9.17, 15) is 9.90 Å². The molecule has 0 radical (unpaired) electrons. The van der Waals surface area contributed by atoms with E-state index in [2.05, 4.69) is 86.8 Å². The summed E-state index contributed by atoms with van der Waals surface area (Å²) in [6.07, 6.45) is 61.0. The van der Waals surface area contributed by atoms with Crippen molar-refractivity contribution in [3.05, 3.63) is 72.9 Å². The highest BCUT2D eigenvalue weighted by atomic mass is 16.6. The van der Waals surface area contributed by atoms with E-state index >= 15 is 0 Å². The monoisotopic (exact) mass is 725 g/mol. The van der Waals surface area contributed by atoms with Crippen LogP contribution in [0.2, 0.25) is 0 Å². The molecule has 300 valence electrons. The second kappa shape index (κ2) is 45.0. The van der Waals surface area contributed by atoms with Gasteiger partial charge in [0.05, 0.1) is 13.2 Å². The lowest BCUT2D eigenvalue weighted by atomic mass is 10.1. The van der Waals surface area contributed by atoms with Crippen molar-refractivity contribution in [1.29, 1.82) is 0 Å². The van der Waals surface area contributed by atoms with E-state index in [1.54, 1.807) is 0 Å². The number of carbonyl (C=O) groups is 1. The Morgan fingerprint density at radius 2 is 0.865 bits per heavy atom. The van der Waals surface area contributed by atoms with E-state index in [0.29, 0.717) is 13.0 Å². The molecule has 4 nitrogen and oxygen atoms in total. The number of unbranched alkanes of at least 4 members (excludes halogenated alkanes) is 20. The van der Waals surface area contributed by atoms with E-state index in [4.69, 9.17) is 9.47 Å². The molecule has 0 saturated heterocycles. The van der Waals surface area contributed by atoms with Crippen molar-refractivity contribution in [3.8, 4) is 0 Å². The van der Waals surface area contributed by atoms with Gasteiger partial charge in [0.25, 0.3) is 0 Å². The summed E-state index contributed by atoms with van der Waals surface area (Å²) in [5.41, 5.74) is 0. The predicted molar refractivity (Wildman–Crippen MR) is 228 cm³/mol. The first-order valence-electron chi connectivity index (χ1n) is 22.0. The molecule has 1 N–H and O–H groups in total. The normalized spacial score (nSPS) is 13.1. The van der Waals surface area contributed by atoms with Gasteiger partial charge in [0, 0.05) is 13.0 Å². The van der Waals surface area contributed by atoms with Crippen molar-refractivity contribution in [2.24, 2.45) is 0 Å². The van der Waals surface area contributed by atoms with Crippen LogP contribution in [0.3, 0.4) is 0 Å². The van der Waals surface area contributed by atoms with Crippen LogP contribution in [0, 0.1) is 0 Å². The molecule has 1 unspecified atom stereocenters. The number of hydrogen-bond acceptors (Lipinski definition) is 4. The van der Waals surface area contributed by atoms with Gasteiger partial charge in [-0.05, 0) is 83.5 Å². The highest BCUT2D eigenvalue weighted by molar-refractivity contribution is 5.69. The van der Waals surface area contributed by atoms with Gasteiger partial charge >= 0.3 is 5.97 Å². The fraction of sp³-hybridized carbons (Fsp3) is 0.729. The SMILES string of the molecule is CC/C=C\C/C=C\C/C=C\C/C=C\C/C=C\CCCCCCCCOCC(CO)OC(=O)CCCCCCCCC/C=C\CCCCCCCCC. The number of aliphatic hydroxyl groups excluding tert-OH is 1. The third-order valence-electron chi connectivity index (χ3n) is 9.27. The molecule has 0 aromatic heterocycles. The first-order chi connectivity index (χ1) is 25.7. The fourth-order valence-electron chi connectivity index (χ4n) is 6.00. The molecule has 4 heteroatoms. The molecule has 0 rings (SSSR count). The summed E-state index contributed by atoms with van der Waals surface area (Å²) in [5.74, 6) is -0.212. The number of rotatable bonds is 40. The van der Waals surface area contributed by atoms with E-state index in [1.807, 2.05) is 0 Å². The van der Waals surface area contributed by atoms with Crippen molar-refractivity contribution in [2.75, 3.05) is 19.8 Å². The van der Waals surface area contributed by atoms with Gasteiger partial charge < -0.3 is 14.6 Å². The van der Waals surface area contributed by atoms with E-state index < -0.39 is 6.10 Å². The highest BCUT2D eigenvalue weighted by Crippen LogP contribution is 2.13. The Kier molecular flexibility index (Phi) is 43.1. The fourth-order valence-corrected chi connectivity index (χ4v) is 6.00. The molecule has 0 spiro atoms. The zero-order chi connectivity index (χ0) is 37.7. The molecule has 0 aliphatic rings. The van der Waals surface area contributed by atoms with Crippen molar-refractivity contribution in [2.45, 2.75) is 206 Å². The summed E-state index contributed by atoms with van der Waals surface area (Å²) < 4.78 is 11.2. The van der Waals surface area contributed by atoms with Gasteiger partial charge in [0.1, 0.15) is 6.10 Å². The quantitative estimate of drug-likeness (QED) is 0.0388. The minimum atomic E-state index is -0.548. The van der Waals surface area contributed by atoms with Gasteiger partial charge in [0.2, 0.25) is 0 Å². The summed E-state index contributed by atoms with van der Waals surface area (Å²) in [7, 11) is 0. The average Bonchev–Trinajstić information content (AvgIpc) is 3.15. The summed E-state index contributed by atoms with van der Waals surface area (Å²) in [5, 5.41) is 9.61. The van der Waals surface area contributed by atoms with E-state index in [1.165, 1.54) is 116 Å². The van der Waals surface area contributed by atoms with Crippen LogP contribution in [0.5, 0.6) is 0 Å². The van der Waals surface area contributed by atoms with Gasteiger partial charge in [-0.3, -0.25) is 4.79 Å². The van der Waals surface area contributed by atoms with Crippen LogP contribution in [0.15, 0.2) is 72.9 Å². The lowest BCUT2D eigenvalue weighted by molar-refractivity contribution is -0.154. The summed E-state index contributed by atoms with van der Waals surface area (Å²) in [6, 6.07) is 0. The molecule has 0 aromatic rings. The summed E-state index contributed by atoms with van der Waals surface area (Å²) in [6.45, 7) is 5.20. The number of hydrogen-bond donors (Lipinski definition) is 1. The Labute approximate surface area is 323 Å². The molecule has 0 bridgehead atoms. The maximum absolute atomic E-state index is 12.2. The highest BCUT2D eigenvalue weighted by Gasteiger charge is 2.13. The summed E-state index contributed by atoms with van der Waals surface area (Å²) in [4.78, 5) is 12.2. The molecule has 0 aromatic carbocycles. The van der Waals surface area contributed by atoms with Gasteiger partial charge in [0.15, 0.2) is 0 Å². The number of aliphatic hydroxyl groups is 1. The Balaban J connectivity index is 3.50. The lowest BCUT2D eigenvalue weighted by Crippen LogP contribution is -2.27. The molecule has 0 amide bonds. The third kappa shape index (κ3) is 42.2. The van der Waals surface area contributed by atoms with E-state index in [0.717, 1.165) is 64.2 Å². The van der Waals surface area contributed by atoms with Crippen LogP contribution in [0.25, 0.3) is 0 Å². The first-order valence-corrected chi connectivity index (χ1v) is 22.0. The topological polar surface area (TPSA) is 55.8 Å². The van der Waals surface area contributed by atoms with Gasteiger partial charge in [-0.1, -0.05) is 183 Å². The second-order valence-corrected chi connectivity index (χ2v) is 14.4. The largest absolute Gasteiger partial charge is 0.457 e. The average molecular weight is 725 g/mol. The minimum absolute atomic E-state index is 0.183. The molecule has 0 aliphatic carbocycles. The van der Waals surface area contributed by atoms with Crippen LogP contribution in [0.4, 0.5) is 0 Å². The Hall–Kier alpha value is -2.17. The Morgan fingerprint density at radius 3 is 1.33 bits per heavy atom.